The Morgan fingerprint density at radius 2 is 2.32 bits per heavy atom. The zero-order valence-electron chi connectivity index (χ0n) is 10.8. The summed E-state index contributed by atoms with van der Waals surface area (Å²) in [5.74, 6) is 1.02. The number of fused-ring (bicyclic) bond motifs is 1. The molecule has 0 aromatic heterocycles. The molecular formula is C15H17NO3. The predicted octanol–water partition coefficient (Wildman–Crippen LogP) is 1.93. The molecule has 2 aliphatic rings. The Bertz CT molecular complexity index is 508. The molecular weight excluding hydrogens is 242 g/mol. The molecule has 0 bridgehead atoms. The zero-order valence-corrected chi connectivity index (χ0v) is 10.8. The third-order valence-electron chi connectivity index (χ3n) is 3.43. The summed E-state index contributed by atoms with van der Waals surface area (Å²) in [7, 11) is 0. The van der Waals surface area contributed by atoms with E-state index in [1.807, 2.05) is 18.2 Å². The minimum Gasteiger partial charge on any atom is -0.490 e. The Morgan fingerprint density at radius 3 is 3.05 bits per heavy atom. The normalized spacial score (nSPS) is 20.9. The lowest BCUT2D eigenvalue weighted by Crippen LogP contribution is -2.35. The summed E-state index contributed by atoms with van der Waals surface area (Å²) < 4.78 is 10.9. The first-order chi connectivity index (χ1) is 9.29. The van der Waals surface area contributed by atoms with Gasteiger partial charge in [-0.25, -0.2) is 0 Å². The van der Waals surface area contributed by atoms with Gasteiger partial charge >= 0.3 is 0 Å². The number of carbonyl (C=O) groups excluding carboxylic acids is 1. The number of anilines is 1. The standard InChI is InChI=1S/C15H17NO3/c1-2-8-16-13-4-3-5-14(19-10-11-9-18-11)12(13)6-7-15(16)17/h2-5,11H,1,6-10H2. The fraction of sp³-hybridized carbons (Fsp3) is 0.400. The van der Waals surface area contributed by atoms with E-state index in [0.717, 1.165) is 30.0 Å². The molecule has 3 rings (SSSR count). The summed E-state index contributed by atoms with van der Waals surface area (Å²) in [6, 6.07) is 5.86. The highest BCUT2D eigenvalue weighted by molar-refractivity contribution is 5.97. The van der Waals surface area contributed by atoms with Gasteiger partial charge in [-0.3, -0.25) is 4.79 Å². The Morgan fingerprint density at radius 1 is 1.47 bits per heavy atom. The second kappa shape index (κ2) is 5.05. The molecule has 1 atom stereocenters. The van der Waals surface area contributed by atoms with Crippen LogP contribution in [0.15, 0.2) is 30.9 Å². The number of benzene rings is 1. The van der Waals surface area contributed by atoms with E-state index in [1.54, 1.807) is 11.0 Å². The van der Waals surface area contributed by atoms with E-state index in [4.69, 9.17) is 9.47 Å². The van der Waals surface area contributed by atoms with Gasteiger partial charge in [-0.2, -0.15) is 0 Å². The molecule has 0 spiro atoms. The molecule has 1 aromatic rings. The van der Waals surface area contributed by atoms with E-state index in [0.29, 0.717) is 19.6 Å². The van der Waals surface area contributed by atoms with Crippen LogP contribution < -0.4 is 9.64 Å². The topological polar surface area (TPSA) is 42.1 Å². The maximum absolute atomic E-state index is 12.0. The van der Waals surface area contributed by atoms with Crippen LogP contribution in [0.1, 0.15) is 12.0 Å². The molecule has 100 valence electrons. The van der Waals surface area contributed by atoms with E-state index >= 15 is 0 Å². The van der Waals surface area contributed by atoms with Gasteiger partial charge in [-0.1, -0.05) is 12.1 Å². The van der Waals surface area contributed by atoms with Crippen LogP contribution in [0.4, 0.5) is 5.69 Å². The smallest absolute Gasteiger partial charge is 0.227 e. The Kier molecular flexibility index (Phi) is 3.25. The maximum atomic E-state index is 12.0. The van der Waals surface area contributed by atoms with Crippen molar-refractivity contribution in [1.82, 2.24) is 0 Å². The molecule has 0 radical (unpaired) electrons. The molecule has 0 aliphatic carbocycles. The molecule has 1 amide bonds. The van der Waals surface area contributed by atoms with Crippen molar-refractivity contribution in [3.8, 4) is 5.75 Å². The molecule has 19 heavy (non-hydrogen) atoms. The number of ether oxygens (including phenoxy) is 2. The largest absolute Gasteiger partial charge is 0.490 e. The van der Waals surface area contributed by atoms with Crippen molar-refractivity contribution in [3.05, 3.63) is 36.4 Å². The van der Waals surface area contributed by atoms with Gasteiger partial charge in [0.1, 0.15) is 18.5 Å². The fourth-order valence-corrected chi connectivity index (χ4v) is 2.37. The summed E-state index contributed by atoms with van der Waals surface area (Å²) in [6.07, 6.45) is 3.26. The summed E-state index contributed by atoms with van der Waals surface area (Å²) in [4.78, 5) is 13.7. The van der Waals surface area contributed by atoms with Crippen LogP contribution in [0.25, 0.3) is 0 Å². The first kappa shape index (κ1) is 12.2. The van der Waals surface area contributed by atoms with Gasteiger partial charge in [0, 0.05) is 18.5 Å². The molecule has 2 aliphatic heterocycles. The maximum Gasteiger partial charge on any atom is 0.227 e. The second-order valence-electron chi connectivity index (χ2n) is 4.81. The highest BCUT2D eigenvalue weighted by atomic mass is 16.6. The van der Waals surface area contributed by atoms with Gasteiger partial charge < -0.3 is 14.4 Å². The number of hydrogen-bond acceptors (Lipinski definition) is 3. The van der Waals surface area contributed by atoms with Crippen molar-refractivity contribution in [2.24, 2.45) is 0 Å². The zero-order chi connectivity index (χ0) is 13.2. The first-order valence-electron chi connectivity index (χ1n) is 6.57. The molecule has 0 N–H and O–H groups in total. The summed E-state index contributed by atoms with van der Waals surface area (Å²) in [5.41, 5.74) is 2.06. The van der Waals surface area contributed by atoms with Gasteiger partial charge in [-0.15, -0.1) is 6.58 Å². The number of carbonyl (C=O) groups is 1. The number of nitrogens with zero attached hydrogens (tertiary/aromatic N) is 1. The molecule has 1 saturated heterocycles. The van der Waals surface area contributed by atoms with Gasteiger partial charge in [0.05, 0.1) is 12.3 Å². The molecule has 2 heterocycles. The Hall–Kier alpha value is -1.81. The predicted molar refractivity (Wildman–Crippen MR) is 72.5 cm³/mol. The van der Waals surface area contributed by atoms with Crippen LogP contribution in [0.5, 0.6) is 5.75 Å². The third-order valence-corrected chi connectivity index (χ3v) is 3.43. The van der Waals surface area contributed by atoms with Gasteiger partial charge in [-0.05, 0) is 18.6 Å². The second-order valence-corrected chi connectivity index (χ2v) is 4.81. The average Bonchev–Trinajstić information content (AvgIpc) is 3.24. The molecule has 1 fully saturated rings. The van der Waals surface area contributed by atoms with E-state index < -0.39 is 0 Å². The van der Waals surface area contributed by atoms with Crippen LogP contribution in [0.2, 0.25) is 0 Å². The third kappa shape index (κ3) is 2.49. The molecule has 4 nitrogen and oxygen atoms in total. The van der Waals surface area contributed by atoms with Crippen molar-refractivity contribution in [2.75, 3.05) is 24.7 Å². The van der Waals surface area contributed by atoms with Crippen LogP contribution in [0, 0.1) is 0 Å². The summed E-state index contributed by atoms with van der Waals surface area (Å²) in [5, 5.41) is 0. The molecule has 1 unspecified atom stereocenters. The van der Waals surface area contributed by atoms with Crippen molar-refractivity contribution >= 4 is 11.6 Å². The lowest BCUT2D eigenvalue weighted by Gasteiger charge is -2.29. The highest BCUT2D eigenvalue weighted by Gasteiger charge is 2.27. The monoisotopic (exact) mass is 259 g/mol. The van der Waals surface area contributed by atoms with Crippen molar-refractivity contribution in [3.63, 3.8) is 0 Å². The van der Waals surface area contributed by atoms with Crippen LogP contribution in [0.3, 0.4) is 0 Å². The van der Waals surface area contributed by atoms with Crippen molar-refractivity contribution < 1.29 is 14.3 Å². The van der Waals surface area contributed by atoms with Crippen LogP contribution in [-0.2, 0) is 16.0 Å². The minimum absolute atomic E-state index is 0.148. The van der Waals surface area contributed by atoms with Crippen LogP contribution >= 0.6 is 0 Å². The van der Waals surface area contributed by atoms with Crippen molar-refractivity contribution in [1.29, 1.82) is 0 Å². The quantitative estimate of drug-likeness (QED) is 0.599. The Labute approximate surface area is 112 Å². The van der Waals surface area contributed by atoms with Gasteiger partial charge in [0.15, 0.2) is 0 Å². The highest BCUT2D eigenvalue weighted by Crippen LogP contribution is 2.35. The lowest BCUT2D eigenvalue weighted by atomic mass is 10.00. The SMILES string of the molecule is C=CCN1C(=O)CCc2c(OCC3CO3)cccc21. The van der Waals surface area contributed by atoms with E-state index in [9.17, 15) is 4.79 Å². The number of epoxide rings is 1. The Balaban J connectivity index is 1.87. The van der Waals surface area contributed by atoms with Crippen LogP contribution in [-0.4, -0.2) is 31.8 Å². The fourth-order valence-electron chi connectivity index (χ4n) is 2.37. The van der Waals surface area contributed by atoms with E-state index in [1.165, 1.54) is 0 Å². The average molecular weight is 259 g/mol. The van der Waals surface area contributed by atoms with Crippen molar-refractivity contribution in [2.45, 2.75) is 18.9 Å². The summed E-state index contributed by atoms with van der Waals surface area (Å²) >= 11 is 0. The van der Waals surface area contributed by atoms with E-state index in [-0.39, 0.29) is 12.0 Å². The molecule has 4 heteroatoms. The van der Waals surface area contributed by atoms with Gasteiger partial charge in [0.2, 0.25) is 5.91 Å². The lowest BCUT2D eigenvalue weighted by molar-refractivity contribution is -0.118. The number of hydrogen-bond donors (Lipinski definition) is 0. The number of rotatable bonds is 5. The van der Waals surface area contributed by atoms with Gasteiger partial charge in [0.25, 0.3) is 0 Å². The summed E-state index contributed by atoms with van der Waals surface area (Å²) in [6.45, 7) is 5.63. The molecule has 0 saturated carbocycles. The molecule has 1 aromatic carbocycles. The first-order valence-corrected chi connectivity index (χ1v) is 6.57. The minimum atomic E-state index is 0.148. The number of amides is 1. The van der Waals surface area contributed by atoms with E-state index in [2.05, 4.69) is 6.58 Å².